The second-order valence-electron chi connectivity index (χ2n) is 4.01. The van der Waals surface area contributed by atoms with Gasteiger partial charge in [-0.15, -0.1) is 0 Å². The minimum Gasteiger partial charge on any atom is -0.367 e. The maximum Gasteiger partial charge on any atom is 0.244 e. The Morgan fingerprint density at radius 3 is 2.95 bits per heavy atom. The Morgan fingerprint density at radius 1 is 1.58 bits per heavy atom. The number of aromatic nitrogens is 6. The van der Waals surface area contributed by atoms with Crippen molar-refractivity contribution in [3.63, 3.8) is 0 Å². The number of nitrogens with two attached hydrogens (primary N) is 1. The van der Waals surface area contributed by atoms with E-state index in [1.54, 1.807) is 24.2 Å². The molecule has 19 heavy (non-hydrogen) atoms. The Labute approximate surface area is 109 Å². The molecule has 100 valence electrons. The van der Waals surface area contributed by atoms with Crippen molar-refractivity contribution in [3.05, 3.63) is 24.3 Å². The van der Waals surface area contributed by atoms with Crippen molar-refractivity contribution in [3.8, 4) is 0 Å². The van der Waals surface area contributed by atoms with Gasteiger partial charge in [-0.2, -0.15) is 0 Å². The molecule has 0 spiro atoms. The molecule has 0 aromatic carbocycles. The summed E-state index contributed by atoms with van der Waals surface area (Å²) < 4.78 is 1.24. The summed E-state index contributed by atoms with van der Waals surface area (Å²) in [6, 6.07) is 1.59. The van der Waals surface area contributed by atoms with Crippen molar-refractivity contribution in [1.82, 2.24) is 35.1 Å². The average molecular weight is 262 g/mol. The fraction of sp³-hybridized carbons (Fsp3) is 0.400. The van der Waals surface area contributed by atoms with Crippen LogP contribution in [0.2, 0.25) is 0 Å². The number of anilines is 1. The van der Waals surface area contributed by atoms with Crippen LogP contribution in [-0.4, -0.2) is 48.0 Å². The second kappa shape index (κ2) is 5.38. The molecule has 9 heteroatoms. The summed E-state index contributed by atoms with van der Waals surface area (Å²) in [5.41, 5.74) is 6.27. The van der Waals surface area contributed by atoms with Crippen molar-refractivity contribution >= 4 is 11.9 Å². The molecule has 2 aromatic rings. The third-order valence-electron chi connectivity index (χ3n) is 2.85. The van der Waals surface area contributed by atoms with E-state index in [4.69, 9.17) is 5.73 Å². The smallest absolute Gasteiger partial charge is 0.244 e. The molecule has 0 aliphatic heterocycles. The minimum atomic E-state index is -0.173. The van der Waals surface area contributed by atoms with Crippen LogP contribution in [0.25, 0.3) is 0 Å². The Morgan fingerprint density at radius 2 is 2.37 bits per heavy atom. The Balaban J connectivity index is 2.05. The number of hydrogen-bond donors (Lipinski definition) is 1. The molecule has 9 nitrogen and oxygen atoms in total. The van der Waals surface area contributed by atoms with E-state index in [9.17, 15) is 4.79 Å². The summed E-state index contributed by atoms with van der Waals surface area (Å²) in [6.45, 7) is 1.87. The van der Waals surface area contributed by atoms with Gasteiger partial charge in [0.05, 0.1) is 11.7 Å². The Hall–Kier alpha value is -2.58. The molecule has 0 saturated carbocycles. The van der Waals surface area contributed by atoms with E-state index in [0.29, 0.717) is 0 Å². The Bertz CT molecular complexity index is 554. The summed E-state index contributed by atoms with van der Waals surface area (Å²) in [7, 11) is 1.69. The van der Waals surface area contributed by atoms with Gasteiger partial charge in [-0.3, -0.25) is 4.79 Å². The van der Waals surface area contributed by atoms with Gasteiger partial charge >= 0.3 is 0 Å². The van der Waals surface area contributed by atoms with Crippen LogP contribution in [0.4, 0.5) is 5.95 Å². The number of carbonyl (C=O) groups is 1. The number of nitrogens with zero attached hydrogens (tertiary/aromatic N) is 7. The molecule has 0 aliphatic carbocycles. The van der Waals surface area contributed by atoms with Gasteiger partial charge in [0.15, 0.2) is 0 Å². The predicted molar refractivity (Wildman–Crippen MR) is 65.4 cm³/mol. The van der Waals surface area contributed by atoms with Gasteiger partial charge in [0.2, 0.25) is 11.9 Å². The van der Waals surface area contributed by atoms with E-state index in [1.165, 1.54) is 11.0 Å². The van der Waals surface area contributed by atoms with E-state index < -0.39 is 0 Å². The van der Waals surface area contributed by atoms with E-state index in [1.807, 2.05) is 6.92 Å². The third-order valence-corrected chi connectivity index (χ3v) is 2.85. The van der Waals surface area contributed by atoms with E-state index in [0.717, 1.165) is 5.69 Å². The molecule has 0 aliphatic rings. The maximum absolute atomic E-state index is 12.1. The Kier molecular flexibility index (Phi) is 3.64. The first-order valence-electron chi connectivity index (χ1n) is 5.63. The molecule has 0 bridgehead atoms. The lowest BCUT2D eigenvalue weighted by Crippen LogP contribution is -2.33. The van der Waals surface area contributed by atoms with Crippen LogP contribution in [0, 0.1) is 0 Å². The van der Waals surface area contributed by atoms with Gasteiger partial charge < -0.3 is 10.6 Å². The van der Waals surface area contributed by atoms with Crippen molar-refractivity contribution in [2.75, 3.05) is 12.8 Å². The van der Waals surface area contributed by atoms with Gasteiger partial charge in [0.1, 0.15) is 12.9 Å². The number of carbonyl (C=O) groups excluding carboxylic acids is 1. The van der Waals surface area contributed by atoms with Crippen molar-refractivity contribution in [2.45, 2.75) is 19.5 Å². The van der Waals surface area contributed by atoms with Crippen molar-refractivity contribution < 1.29 is 4.79 Å². The SMILES string of the molecule is CC(c1ccncn1)N(C)C(=O)Cn1nnnc1N. The zero-order chi connectivity index (χ0) is 13.8. The quantitative estimate of drug-likeness (QED) is 0.771. The van der Waals surface area contributed by atoms with E-state index in [2.05, 4.69) is 25.5 Å². The third kappa shape index (κ3) is 2.81. The highest BCUT2D eigenvalue weighted by molar-refractivity contribution is 5.76. The molecule has 2 aromatic heterocycles. The largest absolute Gasteiger partial charge is 0.367 e. The van der Waals surface area contributed by atoms with Crippen LogP contribution in [-0.2, 0) is 11.3 Å². The van der Waals surface area contributed by atoms with Crippen molar-refractivity contribution in [1.29, 1.82) is 0 Å². The lowest BCUT2D eigenvalue weighted by atomic mass is 10.2. The van der Waals surface area contributed by atoms with Gasteiger partial charge in [-0.1, -0.05) is 5.10 Å². The molecule has 1 unspecified atom stereocenters. The summed E-state index contributed by atoms with van der Waals surface area (Å²) in [6.07, 6.45) is 3.08. The molecule has 1 atom stereocenters. The van der Waals surface area contributed by atoms with Crippen molar-refractivity contribution in [2.24, 2.45) is 0 Å². The van der Waals surface area contributed by atoms with Crippen LogP contribution in [0.15, 0.2) is 18.6 Å². The first-order chi connectivity index (χ1) is 9.09. The summed E-state index contributed by atoms with van der Waals surface area (Å²) in [4.78, 5) is 21.6. The zero-order valence-corrected chi connectivity index (χ0v) is 10.6. The molecular formula is C10H14N8O. The molecule has 1 amide bonds. The number of tetrazole rings is 1. The van der Waals surface area contributed by atoms with Gasteiger partial charge in [0, 0.05) is 13.2 Å². The minimum absolute atomic E-state index is 0.00917. The fourth-order valence-corrected chi connectivity index (χ4v) is 1.53. The fourth-order valence-electron chi connectivity index (χ4n) is 1.53. The van der Waals surface area contributed by atoms with Gasteiger partial charge in [0.25, 0.3) is 0 Å². The number of hydrogen-bond acceptors (Lipinski definition) is 7. The standard InChI is InChI=1S/C10H14N8O/c1-7(8-3-4-12-6-13-8)17(2)9(19)5-18-10(11)14-15-16-18/h3-4,6-7H,5H2,1-2H3,(H2,11,14,16). The second-order valence-corrected chi connectivity index (χ2v) is 4.01. The molecule has 0 fully saturated rings. The number of likely N-dealkylation sites (N-methyl/N-ethyl adjacent to an activating group) is 1. The number of rotatable bonds is 4. The predicted octanol–water partition coefficient (Wildman–Crippen LogP) is -0.735. The molecule has 0 saturated heterocycles. The van der Waals surface area contributed by atoms with Crippen LogP contribution in [0.1, 0.15) is 18.7 Å². The van der Waals surface area contributed by atoms with Crippen LogP contribution in [0.3, 0.4) is 0 Å². The monoisotopic (exact) mass is 262 g/mol. The number of nitrogen functional groups attached to an aromatic ring is 1. The maximum atomic E-state index is 12.1. The van der Waals surface area contributed by atoms with Crippen LogP contribution < -0.4 is 5.73 Å². The summed E-state index contributed by atoms with van der Waals surface area (Å²) in [5.74, 6) is -0.0541. The highest BCUT2D eigenvalue weighted by atomic mass is 16.2. The topological polar surface area (TPSA) is 116 Å². The summed E-state index contributed by atoms with van der Waals surface area (Å²) >= 11 is 0. The molecule has 2 N–H and O–H groups in total. The number of amides is 1. The summed E-state index contributed by atoms with van der Waals surface area (Å²) in [5, 5.41) is 10.5. The van der Waals surface area contributed by atoms with Crippen LogP contribution >= 0.6 is 0 Å². The molecule has 2 rings (SSSR count). The van der Waals surface area contributed by atoms with Gasteiger partial charge in [-0.25, -0.2) is 14.6 Å². The van der Waals surface area contributed by atoms with E-state index >= 15 is 0 Å². The lowest BCUT2D eigenvalue weighted by molar-refractivity contribution is -0.132. The highest BCUT2D eigenvalue weighted by Crippen LogP contribution is 2.15. The van der Waals surface area contributed by atoms with E-state index in [-0.39, 0.29) is 24.4 Å². The average Bonchev–Trinajstić information content (AvgIpc) is 2.83. The highest BCUT2D eigenvalue weighted by Gasteiger charge is 2.19. The zero-order valence-electron chi connectivity index (χ0n) is 10.6. The normalized spacial score (nSPS) is 12.1. The lowest BCUT2D eigenvalue weighted by Gasteiger charge is -2.24. The van der Waals surface area contributed by atoms with Gasteiger partial charge in [-0.05, 0) is 23.4 Å². The molecule has 0 radical (unpaired) electrons. The molecule has 2 heterocycles. The van der Waals surface area contributed by atoms with Crippen LogP contribution in [0.5, 0.6) is 0 Å². The molecular weight excluding hydrogens is 248 g/mol. The first-order valence-corrected chi connectivity index (χ1v) is 5.63. The first kappa shape index (κ1) is 12.9.